The minimum absolute atomic E-state index is 0.0514. The fourth-order valence-electron chi connectivity index (χ4n) is 2.51. The predicted molar refractivity (Wildman–Crippen MR) is 89.4 cm³/mol. The Hall–Kier alpha value is -3.02. The van der Waals surface area contributed by atoms with Crippen molar-refractivity contribution in [2.45, 2.75) is 6.42 Å². The number of benzene rings is 2. The molecule has 25 heavy (non-hydrogen) atoms. The minimum atomic E-state index is -0.486. The van der Waals surface area contributed by atoms with Gasteiger partial charge >= 0.3 is 5.97 Å². The van der Waals surface area contributed by atoms with E-state index in [0.717, 1.165) is 5.56 Å². The summed E-state index contributed by atoms with van der Waals surface area (Å²) < 4.78 is 21.1. The fourth-order valence-corrected chi connectivity index (χ4v) is 2.51. The number of ether oxygens (including phenoxy) is 4. The van der Waals surface area contributed by atoms with Gasteiger partial charge in [-0.3, -0.25) is 9.59 Å². The molecule has 0 fully saturated rings. The number of hydrogen-bond donors (Lipinski definition) is 0. The molecule has 0 saturated carbocycles. The Balaban J connectivity index is 1.57. The highest BCUT2D eigenvalue weighted by atomic mass is 16.6. The maximum absolute atomic E-state index is 12.2. The lowest BCUT2D eigenvalue weighted by molar-refractivity contribution is -0.141. The number of para-hydroxylation sites is 1. The van der Waals surface area contributed by atoms with Gasteiger partial charge < -0.3 is 18.9 Å². The van der Waals surface area contributed by atoms with Crippen molar-refractivity contribution in [3.8, 4) is 17.2 Å². The number of fused-ring (bicyclic) bond motifs is 1. The number of rotatable bonds is 6. The summed E-state index contributed by atoms with van der Waals surface area (Å²) in [6.45, 7) is 0.664. The third-order valence-corrected chi connectivity index (χ3v) is 3.73. The molecular weight excluding hydrogens is 324 g/mol. The highest BCUT2D eigenvalue weighted by molar-refractivity contribution is 6.00. The van der Waals surface area contributed by atoms with E-state index in [4.69, 9.17) is 18.9 Å². The molecule has 0 aromatic heterocycles. The van der Waals surface area contributed by atoms with E-state index in [1.807, 2.05) is 0 Å². The molecule has 0 radical (unpaired) electrons. The van der Waals surface area contributed by atoms with Crippen LogP contribution in [0.2, 0.25) is 0 Å². The Morgan fingerprint density at radius 3 is 2.60 bits per heavy atom. The molecule has 1 aliphatic heterocycles. The van der Waals surface area contributed by atoms with E-state index in [9.17, 15) is 9.59 Å². The Kier molecular flexibility index (Phi) is 5.18. The van der Waals surface area contributed by atoms with E-state index in [0.29, 0.717) is 36.0 Å². The Morgan fingerprint density at radius 1 is 1.04 bits per heavy atom. The topological polar surface area (TPSA) is 71.1 Å². The number of esters is 1. The van der Waals surface area contributed by atoms with Crippen molar-refractivity contribution < 1.29 is 28.5 Å². The molecule has 0 bridgehead atoms. The second-order valence-electron chi connectivity index (χ2n) is 5.44. The zero-order chi connectivity index (χ0) is 17.6. The normalized spacial score (nSPS) is 12.4. The van der Waals surface area contributed by atoms with Gasteiger partial charge in [0.05, 0.1) is 19.1 Å². The summed E-state index contributed by atoms with van der Waals surface area (Å²) in [5, 5.41) is 0. The van der Waals surface area contributed by atoms with Crippen LogP contribution in [-0.2, 0) is 16.0 Å². The van der Waals surface area contributed by atoms with E-state index in [-0.39, 0.29) is 18.8 Å². The first-order valence-electron chi connectivity index (χ1n) is 7.88. The second kappa shape index (κ2) is 7.70. The van der Waals surface area contributed by atoms with Crippen LogP contribution in [0.4, 0.5) is 0 Å². The number of methoxy groups -OCH3 is 1. The number of carbonyl (C=O) groups is 2. The van der Waals surface area contributed by atoms with E-state index in [1.54, 1.807) is 42.5 Å². The molecule has 6 heteroatoms. The smallest absolute Gasteiger partial charge is 0.310 e. The van der Waals surface area contributed by atoms with Crippen LogP contribution >= 0.6 is 0 Å². The average molecular weight is 342 g/mol. The molecule has 0 saturated heterocycles. The molecule has 2 aromatic carbocycles. The molecule has 0 N–H and O–H groups in total. The van der Waals surface area contributed by atoms with Crippen LogP contribution in [0.15, 0.2) is 42.5 Å². The van der Waals surface area contributed by atoms with Gasteiger partial charge in [-0.25, -0.2) is 0 Å². The van der Waals surface area contributed by atoms with Crippen LogP contribution in [0.5, 0.6) is 17.2 Å². The molecular formula is C19H18O6. The van der Waals surface area contributed by atoms with Gasteiger partial charge in [0.2, 0.25) is 5.78 Å². The van der Waals surface area contributed by atoms with Crippen LogP contribution < -0.4 is 14.2 Å². The molecule has 1 heterocycles. The van der Waals surface area contributed by atoms with Crippen LogP contribution in [0.1, 0.15) is 15.9 Å². The van der Waals surface area contributed by atoms with Crippen LogP contribution in [-0.4, -0.2) is 38.7 Å². The van der Waals surface area contributed by atoms with Crippen molar-refractivity contribution in [1.29, 1.82) is 0 Å². The summed E-state index contributed by atoms with van der Waals surface area (Å²) in [6.07, 6.45) is 0.0514. The van der Waals surface area contributed by atoms with Gasteiger partial charge in [-0.2, -0.15) is 0 Å². The molecule has 2 aromatic rings. The minimum Gasteiger partial charge on any atom is -0.496 e. The van der Waals surface area contributed by atoms with E-state index >= 15 is 0 Å². The third-order valence-electron chi connectivity index (χ3n) is 3.73. The Bertz CT molecular complexity index is 783. The molecule has 0 amide bonds. The highest BCUT2D eigenvalue weighted by Crippen LogP contribution is 2.30. The molecule has 3 rings (SSSR count). The summed E-state index contributed by atoms with van der Waals surface area (Å²) in [4.78, 5) is 24.2. The van der Waals surface area contributed by atoms with Crippen molar-refractivity contribution in [3.63, 3.8) is 0 Å². The number of carbonyl (C=O) groups excluding carboxylic acids is 2. The maximum Gasteiger partial charge on any atom is 0.310 e. The summed E-state index contributed by atoms with van der Waals surface area (Å²) in [7, 11) is 1.49. The van der Waals surface area contributed by atoms with Crippen molar-refractivity contribution in [1.82, 2.24) is 0 Å². The molecule has 1 aliphatic rings. The van der Waals surface area contributed by atoms with Gasteiger partial charge in [0, 0.05) is 0 Å². The molecule has 0 spiro atoms. The number of hydrogen-bond acceptors (Lipinski definition) is 6. The Labute approximate surface area is 145 Å². The summed E-state index contributed by atoms with van der Waals surface area (Å²) in [5.74, 6) is 0.930. The largest absolute Gasteiger partial charge is 0.496 e. The quantitative estimate of drug-likeness (QED) is 0.593. The van der Waals surface area contributed by atoms with Gasteiger partial charge in [0.1, 0.15) is 19.0 Å². The van der Waals surface area contributed by atoms with Crippen LogP contribution in [0.25, 0.3) is 0 Å². The molecule has 0 atom stereocenters. The number of Topliss-reactive ketones (excluding diaryl/α,β-unsaturated/α-hetero) is 1. The zero-order valence-corrected chi connectivity index (χ0v) is 13.8. The molecule has 6 nitrogen and oxygen atoms in total. The fraction of sp³-hybridized carbons (Fsp3) is 0.263. The Morgan fingerprint density at radius 2 is 1.80 bits per heavy atom. The number of ketones is 1. The predicted octanol–water partition coefficient (Wildman–Crippen LogP) is 2.44. The monoisotopic (exact) mass is 342 g/mol. The summed E-state index contributed by atoms with van der Waals surface area (Å²) >= 11 is 0. The molecule has 0 aliphatic carbocycles. The van der Waals surface area contributed by atoms with E-state index in [2.05, 4.69) is 0 Å². The van der Waals surface area contributed by atoms with Gasteiger partial charge in [-0.1, -0.05) is 18.2 Å². The second-order valence-corrected chi connectivity index (χ2v) is 5.44. The maximum atomic E-state index is 12.2. The highest BCUT2D eigenvalue weighted by Gasteiger charge is 2.16. The van der Waals surface area contributed by atoms with Crippen molar-refractivity contribution in [3.05, 3.63) is 53.6 Å². The third kappa shape index (κ3) is 4.09. The average Bonchev–Trinajstić information content (AvgIpc) is 2.66. The van der Waals surface area contributed by atoms with Gasteiger partial charge in [0.15, 0.2) is 18.1 Å². The molecule has 130 valence electrons. The van der Waals surface area contributed by atoms with Gasteiger partial charge in [-0.15, -0.1) is 0 Å². The van der Waals surface area contributed by atoms with Crippen LogP contribution in [0.3, 0.4) is 0 Å². The first-order valence-corrected chi connectivity index (χ1v) is 7.88. The summed E-state index contributed by atoms with van der Waals surface area (Å²) in [5.41, 5.74) is 1.12. The standard InChI is InChI=1S/C19H18O6/c1-22-16-5-3-2-4-14(16)15(20)12-25-19(21)11-13-6-7-17-18(10-13)24-9-8-23-17/h2-7,10H,8-9,11-12H2,1H3. The van der Waals surface area contributed by atoms with Crippen molar-refractivity contribution >= 4 is 11.8 Å². The SMILES string of the molecule is COc1ccccc1C(=O)COC(=O)Cc1ccc2c(c1)OCCO2. The lowest BCUT2D eigenvalue weighted by atomic mass is 10.1. The van der Waals surface area contributed by atoms with Crippen molar-refractivity contribution in [2.24, 2.45) is 0 Å². The summed E-state index contributed by atoms with van der Waals surface area (Å²) in [6, 6.07) is 12.1. The lowest BCUT2D eigenvalue weighted by Gasteiger charge is -2.18. The van der Waals surface area contributed by atoms with E-state index < -0.39 is 5.97 Å². The van der Waals surface area contributed by atoms with E-state index in [1.165, 1.54) is 7.11 Å². The van der Waals surface area contributed by atoms with Crippen molar-refractivity contribution in [2.75, 3.05) is 26.9 Å². The lowest BCUT2D eigenvalue weighted by Crippen LogP contribution is -2.17. The van der Waals surface area contributed by atoms with Gasteiger partial charge in [0.25, 0.3) is 0 Å². The first kappa shape index (κ1) is 16.8. The van der Waals surface area contributed by atoms with Gasteiger partial charge in [-0.05, 0) is 29.8 Å². The zero-order valence-electron chi connectivity index (χ0n) is 13.8. The first-order chi connectivity index (χ1) is 12.2. The van der Waals surface area contributed by atoms with Crippen LogP contribution in [0, 0.1) is 0 Å². The molecule has 0 unspecified atom stereocenters.